The average molecular weight is 436 g/mol. The highest BCUT2D eigenvalue weighted by Crippen LogP contribution is 2.20. The lowest BCUT2D eigenvalue weighted by Crippen LogP contribution is -2.50. The van der Waals surface area contributed by atoms with Crippen LogP contribution in [0.2, 0.25) is 0 Å². The molecule has 2 aromatic rings. The van der Waals surface area contributed by atoms with Gasteiger partial charge in [0.1, 0.15) is 6.54 Å². The molecule has 2 aromatic carbocycles. The van der Waals surface area contributed by atoms with Crippen LogP contribution in [-0.4, -0.2) is 71.3 Å². The molecule has 0 radical (unpaired) electrons. The third kappa shape index (κ3) is 4.89. The third-order valence-corrected chi connectivity index (χ3v) is 6.44. The largest absolute Gasteiger partial charge is 0.391 e. The van der Waals surface area contributed by atoms with Gasteiger partial charge in [-0.05, 0) is 36.1 Å². The zero-order valence-corrected chi connectivity index (χ0v) is 18.3. The summed E-state index contributed by atoms with van der Waals surface area (Å²) in [6.45, 7) is 1.82. The second-order valence-electron chi connectivity index (χ2n) is 8.61. The summed E-state index contributed by atoms with van der Waals surface area (Å²) in [4.78, 5) is 40.2. The Morgan fingerprint density at radius 2 is 1.75 bits per heavy atom. The van der Waals surface area contributed by atoms with Crippen LogP contribution in [-0.2, 0) is 17.8 Å². The van der Waals surface area contributed by atoms with Crippen molar-refractivity contribution >= 4 is 17.6 Å². The number of fused-ring (bicyclic) bond motifs is 1. The predicted molar refractivity (Wildman–Crippen MR) is 120 cm³/mol. The molecule has 2 atom stereocenters. The highest BCUT2D eigenvalue weighted by molar-refractivity contribution is 5.99. The number of piperazine rings is 1. The molecular formula is C25H29N3O4. The quantitative estimate of drug-likeness (QED) is 0.674. The van der Waals surface area contributed by atoms with E-state index >= 15 is 0 Å². The zero-order valence-electron chi connectivity index (χ0n) is 18.3. The first-order valence-electron chi connectivity index (χ1n) is 11.1. The fraction of sp³-hybridized carbons (Fsp3) is 0.400. The molecule has 2 aliphatic rings. The molecule has 1 fully saturated rings. The number of benzene rings is 2. The predicted octanol–water partition coefficient (Wildman–Crippen LogP) is 1.64. The van der Waals surface area contributed by atoms with Crippen LogP contribution in [0, 0.1) is 0 Å². The van der Waals surface area contributed by atoms with Crippen molar-refractivity contribution in [2.45, 2.75) is 38.0 Å². The molecule has 1 saturated heterocycles. The number of ketones is 1. The summed E-state index contributed by atoms with van der Waals surface area (Å²) < 4.78 is 0. The number of likely N-dealkylation sites (N-methyl/N-ethyl adjacent to an activating group) is 1. The van der Waals surface area contributed by atoms with Gasteiger partial charge in [-0.1, -0.05) is 36.4 Å². The SMILES string of the molecule is CN1CCN(C(=O)c2ccc(C(=O)CC[C@@H](O)[C@@H]3Cc4ccccc4CN3)cc2)CC1=O. The lowest BCUT2D eigenvalue weighted by Gasteiger charge is -2.32. The molecule has 2 heterocycles. The molecule has 0 saturated carbocycles. The van der Waals surface area contributed by atoms with Gasteiger partial charge in [0.25, 0.3) is 5.91 Å². The number of carbonyl (C=O) groups is 3. The Labute approximate surface area is 188 Å². The summed E-state index contributed by atoms with van der Waals surface area (Å²) in [7, 11) is 1.73. The number of hydrogen-bond donors (Lipinski definition) is 2. The van der Waals surface area contributed by atoms with Gasteiger partial charge in [0, 0.05) is 50.3 Å². The molecular weight excluding hydrogens is 406 g/mol. The Balaban J connectivity index is 1.29. The fourth-order valence-corrected chi connectivity index (χ4v) is 4.29. The van der Waals surface area contributed by atoms with Crippen molar-refractivity contribution in [3.8, 4) is 0 Å². The number of aliphatic hydroxyl groups excluding tert-OH is 1. The van der Waals surface area contributed by atoms with Crippen LogP contribution in [0.1, 0.15) is 44.7 Å². The van der Waals surface area contributed by atoms with E-state index < -0.39 is 6.10 Å². The maximum Gasteiger partial charge on any atom is 0.254 e. The highest BCUT2D eigenvalue weighted by atomic mass is 16.3. The highest BCUT2D eigenvalue weighted by Gasteiger charge is 2.26. The molecule has 0 spiro atoms. The Bertz CT molecular complexity index is 1000. The topological polar surface area (TPSA) is 90.0 Å². The number of rotatable bonds is 6. The van der Waals surface area contributed by atoms with Crippen molar-refractivity contribution in [2.24, 2.45) is 0 Å². The molecule has 0 unspecified atom stereocenters. The summed E-state index contributed by atoms with van der Waals surface area (Å²) in [5, 5.41) is 14.0. The van der Waals surface area contributed by atoms with Crippen molar-refractivity contribution in [1.29, 1.82) is 0 Å². The van der Waals surface area contributed by atoms with Crippen molar-refractivity contribution < 1.29 is 19.5 Å². The normalized spacial score (nSPS) is 19.4. The number of nitrogens with zero attached hydrogens (tertiary/aromatic N) is 2. The maximum atomic E-state index is 12.6. The van der Waals surface area contributed by atoms with E-state index in [4.69, 9.17) is 0 Å². The Hall–Kier alpha value is -3.03. The molecule has 7 heteroatoms. The number of carbonyl (C=O) groups excluding carboxylic acids is 3. The molecule has 32 heavy (non-hydrogen) atoms. The Morgan fingerprint density at radius 3 is 2.47 bits per heavy atom. The summed E-state index contributed by atoms with van der Waals surface area (Å²) in [5.74, 6) is -0.343. The number of amides is 2. The van der Waals surface area contributed by atoms with E-state index in [0.29, 0.717) is 30.6 Å². The van der Waals surface area contributed by atoms with E-state index in [9.17, 15) is 19.5 Å². The van der Waals surface area contributed by atoms with Crippen molar-refractivity contribution in [1.82, 2.24) is 15.1 Å². The first-order chi connectivity index (χ1) is 15.4. The second kappa shape index (κ2) is 9.63. The zero-order chi connectivity index (χ0) is 22.7. The van der Waals surface area contributed by atoms with Gasteiger partial charge >= 0.3 is 0 Å². The molecule has 2 amide bonds. The molecule has 0 aliphatic carbocycles. The van der Waals surface area contributed by atoms with E-state index in [1.54, 1.807) is 36.2 Å². The summed E-state index contributed by atoms with van der Waals surface area (Å²) in [5.41, 5.74) is 3.47. The Kier molecular flexibility index (Phi) is 6.67. The van der Waals surface area contributed by atoms with Crippen LogP contribution in [0.3, 0.4) is 0 Å². The molecule has 4 rings (SSSR count). The van der Waals surface area contributed by atoms with E-state index in [1.165, 1.54) is 16.0 Å². The minimum atomic E-state index is -0.608. The minimum Gasteiger partial charge on any atom is -0.391 e. The standard InChI is InChI=1S/C25H29N3O4/c1-27-12-13-28(16-24(27)31)25(32)18-8-6-17(7-9-18)22(29)10-11-23(30)21-14-19-4-2-3-5-20(19)15-26-21/h2-9,21,23,26,30H,10-16H2,1H3/t21-,23+/m0/s1. The average Bonchev–Trinajstić information content (AvgIpc) is 2.83. The van der Waals surface area contributed by atoms with E-state index in [-0.39, 0.29) is 36.6 Å². The lowest BCUT2D eigenvalue weighted by atomic mass is 9.90. The third-order valence-electron chi connectivity index (χ3n) is 6.44. The maximum absolute atomic E-state index is 12.6. The molecule has 168 valence electrons. The van der Waals surface area contributed by atoms with Crippen LogP contribution in [0.5, 0.6) is 0 Å². The van der Waals surface area contributed by atoms with Crippen molar-refractivity contribution in [3.63, 3.8) is 0 Å². The number of nitrogens with one attached hydrogen (secondary N) is 1. The number of aliphatic hydroxyl groups is 1. The van der Waals surface area contributed by atoms with E-state index in [0.717, 1.165) is 13.0 Å². The molecule has 7 nitrogen and oxygen atoms in total. The van der Waals surface area contributed by atoms with Crippen molar-refractivity contribution in [3.05, 3.63) is 70.8 Å². The monoisotopic (exact) mass is 435 g/mol. The van der Waals surface area contributed by atoms with Gasteiger partial charge in [-0.2, -0.15) is 0 Å². The van der Waals surface area contributed by atoms with Crippen LogP contribution >= 0.6 is 0 Å². The van der Waals surface area contributed by atoms with Crippen LogP contribution < -0.4 is 5.32 Å². The summed E-state index contributed by atoms with van der Waals surface area (Å²) in [6, 6.07) is 14.7. The van der Waals surface area contributed by atoms with Gasteiger partial charge in [-0.15, -0.1) is 0 Å². The van der Waals surface area contributed by atoms with Gasteiger partial charge in [0.2, 0.25) is 5.91 Å². The molecule has 2 N–H and O–H groups in total. The summed E-state index contributed by atoms with van der Waals surface area (Å²) >= 11 is 0. The van der Waals surface area contributed by atoms with E-state index in [1.807, 2.05) is 12.1 Å². The fourth-order valence-electron chi connectivity index (χ4n) is 4.29. The van der Waals surface area contributed by atoms with Gasteiger partial charge in [-0.3, -0.25) is 14.4 Å². The van der Waals surface area contributed by atoms with E-state index in [2.05, 4.69) is 17.4 Å². The first-order valence-corrected chi connectivity index (χ1v) is 11.1. The minimum absolute atomic E-state index is 0.0611. The second-order valence-corrected chi connectivity index (χ2v) is 8.61. The van der Waals surface area contributed by atoms with Gasteiger partial charge in [0.05, 0.1) is 6.10 Å². The molecule has 0 aromatic heterocycles. The number of Topliss-reactive ketones (excluding diaryl/α,β-unsaturated/α-hetero) is 1. The molecule has 2 aliphatic heterocycles. The van der Waals surface area contributed by atoms with Crippen LogP contribution in [0.4, 0.5) is 0 Å². The lowest BCUT2D eigenvalue weighted by molar-refractivity contribution is -0.133. The number of hydrogen-bond acceptors (Lipinski definition) is 5. The van der Waals surface area contributed by atoms with Crippen LogP contribution in [0.15, 0.2) is 48.5 Å². The smallest absolute Gasteiger partial charge is 0.254 e. The van der Waals surface area contributed by atoms with Gasteiger partial charge < -0.3 is 20.2 Å². The van der Waals surface area contributed by atoms with Crippen LogP contribution in [0.25, 0.3) is 0 Å². The first kappa shape index (κ1) is 22.2. The van der Waals surface area contributed by atoms with Crippen molar-refractivity contribution in [2.75, 3.05) is 26.7 Å². The summed E-state index contributed by atoms with van der Waals surface area (Å²) in [6.07, 6.45) is 0.754. The Morgan fingerprint density at radius 1 is 1.06 bits per heavy atom. The molecule has 0 bridgehead atoms. The van der Waals surface area contributed by atoms with Gasteiger partial charge in [0.15, 0.2) is 5.78 Å². The van der Waals surface area contributed by atoms with Gasteiger partial charge in [-0.25, -0.2) is 0 Å².